The van der Waals surface area contributed by atoms with Crippen LogP contribution in [-0.4, -0.2) is 5.78 Å². The molecular formula is C14H14NO+. The maximum atomic E-state index is 11.1. The second-order valence-electron chi connectivity index (χ2n) is 3.80. The summed E-state index contributed by atoms with van der Waals surface area (Å²) in [6.45, 7) is 2.41. The maximum absolute atomic E-state index is 11.1. The third-order valence-corrected chi connectivity index (χ3v) is 2.51. The number of nitrogens with zero attached hydrogens (tertiary/aromatic N) is 1. The Hall–Kier alpha value is -1.96. The van der Waals surface area contributed by atoms with Gasteiger partial charge in [-0.25, -0.2) is 4.57 Å². The molecule has 0 saturated carbocycles. The number of pyridine rings is 1. The second-order valence-corrected chi connectivity index (χ2v) is 3.80. The summed E-state index contributed by atoms with van der Waals surface area (Å²) in [5.41, 5.74) is 2.01. The van der Waals surface area contributed by atoms with Gasteiger partial charge in [0.15, 0.2) is 24.7 Å². The van der Waals surface area contributed by atoms with Gasteiger partial charge in [-0.1, -0.05) is 30.3 Å². The molecule has 0 aliphatic rings. The summed E-state index contributed by atoms with van der Waals surface area (Å²) in [5, 5.41) is 0. The third-order valence-electron chi connectivity index (χ3n) is 2.51. The van der Waals surface area contributed by atoms with Crippen LogP contribution in [0.3, 0.4) is 0 Å². The van der Waals surface area contributed by atoms with Crippen LogP contribution in [0.4, 0.5) is 0 Å². The van der Waals surface area contributed by atoms with Gasteiger partial charge in [0.05, 0.1) is 0 Å². The van der Waals surface area contributed by atoms with Crippen LogP contribution < -0.4 is 4.57 Å². The highest BCUT2D eigenvalue weighted by atomic mass is 16.1. The highest BCUT2D eigenvalue weighted by molar-refractivity contribution is 5.93. The molecule has 2 rings (SSSR count). The van der Waals surface area contributed by atoms with E-state index >= 15 is 0 Å². The highest BCUT2D eigenvalue weighted by Gasteiger charge is 2.04. The maximum Gasteiger partial charge on any atom is 0.173 e. The van der Waals surface area contributed by atoms with Crippen LogP contribution in [-0.2, 0) is 6.54 Å². The summed E-state index contributed by atoms with van der Waals surface area (Å²) >= 11 is 0. The molecule has 2 heteroatoms. The van der Waals surface area contributed by atoms with Gasteiger partial charge >= 0.3 is 0 Å². The molecule has 16 heavy (non-hydrogen) atoms. The standard InChI is InChI=1S/C14H14NO/c1-12(16)14-7-9-15(10-8-14)11-13-5-3-2-4-6-13/h2-10H,11H2,1H3/q+1. The predicted molar refractivity (Wildman–Crippen MR) is 62.2 cm³/mol. The van der Waals surface area contributed by atoms with E-state index in [1.807, 2.05) is 42.7 Å². The Morgan fingerprint density at radius 3 is 2.25 bits per heavy atom. The molecule has 0 N–H and O–H groups in total. The summed E-state index contributed by atoms with van der Waals surface area (Å²) in [7, 11) is 0. The minimum atomic E-state index is 0.104. The Labute approximate surface area is 95.2 Å². The van der Waals surface area contributed by atoms with Crippen LogP contribution in [0.2, 0.25) is 0 Å². The topological polar surface area (TPSA) is 20.9 Å². The zero-order valence-corrected chi connectivity index (χ0v) is 9.26. The monoisotopic (exact) mass is 212 g/mol. The molecule has 0 aliphatic carbocycles. The van der Waals surface area contributed by atoms with Gasteiger partial charge < -0.3 is 0 Å². The van der Waals surface area contributed by atoms with Crippen molar-refractivity contribution in [3.63, 3.8) is 0 Å². The zero-order valence-electron chi connectivity index (χ0n) is 9.26. The second kappa shape index (κ2) is 4.71. The summed E-state index contributed by atoms with van der Waals surface area (Å²) in [5.74, 6) is 0.104. The van der Waals surface area contributed by atoms with Crippen LogP contribution >= 0.6 is 0 Å². The Kier molecular flexibility index (Phi) is 3.10. The van der Waals surface area contributed by atoms with Gasteiger partial charge in [-0.15, -0.1) is 0 Å². The Morgan fingerprint density at radius 1 is 1.06 bits per heavy atom. The molecule has 0 unspecified atom stereocenters. The normalized spacial score (nSPS) is 10.1. The van der Waals surface area contributed by atoms with Crippen LogP contribution in [0, 0.1) is 0 Å². The van der Waals surface area contributed by atoms with Crippen molar-refractivity contribution in [1.82, 2.24) is 0 Å². The van der Waals surface area contributed by atoms with Crippen molar-refractivity contribution in [1.29, 1.82) is 0 Å². The minimum absolute atomic E-state index is 0.104. The summed E-state index contributed by atoms with van der Waals surface area (Å²) in [6.07, 6.45) is 3.87. The first-order valence-corrected chi connectivity index (χ1v) is 5.30. The number of aromatic nitrogens is 1. The smallest absolute Gasteiger partial charge is 0.173 e. The van der Waals surface area contributed by atoms with E-state index in [1.54, 1.807) is 6.92 Å². The average molecular weight is 212 g/mol. The molecule has 0 bridgehead atoms. The van der Waals surface area contributed by atoms with Gasteiger partial charge in [-0.05, 0) is 6.92 Å². The van der Waals surface area contributed by atoms with Crippen LogP contribution in [0.15, 0.2) is 54.9 Å². The molecule has 0 amide bonds. The lowest BCUT2D eigenvalue weighted by Gasteiger charge is -1.98. The molecule has 2 aromatic rings. The van der Waals surface area contributed by atoms with Gasteiger partial charge in [0.1, 0.15) is 0 Å². The zero-order chi connectivity index (χ0) is 11.4. The van der Waals surface area contributed by atoms with Gasteiger partial charge in [0.2, 0.25) is 0 Å². The number of carbonyl (C=O) groups is 1. The fourth-order valence-electron chi connectivity index (χ4n) is 1.59. The Morgan fingerprint density at radius 2 is 1.69 bits per heavy atom. The van der Waals surface area contributed by atoms with Gasteiger partial charge in [0.25, 0.3) is 0 Å². The number of hydrogen-bond donors (Lipinski definition) is 0. The molecule has 0 saturated heterocycles. The number of benzene rings is 1. The summed E-state index contributed by atoms with van der Waals surface area (Å²) < 4.78 is 2.06. The number of rotatable bonds is 3. The Balaban J connectivity index is 2.14. The fraction of sp³-hybridized carbons (Fsp3) is 0.143. The van der Waals surface area contributed by atoms with Crippen molar-refractivity contribution in [3.8, 4) is 0 Å². The molecule has 1 aromatic heterocycles. The van der Waals surface area contributed by atoms with E-state index in [0.29, 0.717) is 0 Å². The fourth-order valence-corrected chi connectivity index (χ4v) is 1.59. The third kappa shape index (κ3) is 2.54. The number of hydrogen-bond acceptors (Lipinski definition) is 1. The van der Waals surface area contributed by atoms with E-state index in [-0.39, 0.29) is 5.78 Å². The van der Waals surface area contributed by atoms with Gasteiger partial charge in [0, 0.05) is 23.3 Å². The number of Topliss-reactive ketones (excluding diaryl/α,β-unsaturated/α-hetero) is 1. The minimum Gasteiger partial charge on any atom is -0.295 e. The predicted octanol–water partition coefficient (Wildman–Crippen LogP) is 2.23. The quantitative estimate of drug-likeness (QED) is 0.564. The van der Waals surface area contributed by atoms with Crippen molar-refractivity contribution < 1.29 is 9.36 Å². The van der Waals surface area contributed by atoms with Crippen molar-refractivity contribution in [2.24, 2.45) is 0 Å². The van der Waals surface area contributed by atoms with Gasteiger partial charge in [-0.2, -0.15) is 0 Å². The van der Waals surface area contributed by atoms with Crippen LogP contribution in [0.1, 0.15) is 22.8 Å². The Bertz CT molecular complexity index is 474. The lowest BCUT2D eigenvalue weighted by Crippen LogP contribution is -2.33. The van der Waals surface area contributed by atoms with E-state index in [0.717, 1.165) is 12.1 Å². The van der Waals surface area contributed by atoms with Crippen molar-refractivity contribution in [3.05, 3.63) is 66.0 Å². The van der Waals surface area contributed by atoms with E-state index in [1.165, 1.54) is 5.56 Å². The van der Waals surface area contributed by atoms with Crippen molar-refractivity contribution in [2.75, 3.05) is 0 Å². The molecule has 1 heterocycles. The molecule has 1 aromatic carbocycles. The number of carbonyl (C=O) groups excluding carboxylic acids is 1. The SMILES string of the molecule is CC(=O)c1cc[n+](Cc2ccccc2)cc1. The summed E-state index contributed by atoms with van der Waals surface area (Å²) in [6, 6.07) is 13.9. The van der Waals surface area contributed by atoms with Crippen molar-refractivity contribution in [2.45, 2.75) is 13.5 Å². The highest BCUT2D eigenvalue weighted by Crippen LogP contribution is 1.99. The molecule has 0 aliphatic heterocycles. The lowest BCUT2D eigenvalue weighted by atomic mass is 10.2. The van der Waals surface area contributed by atoms with Crippen LogP contribution in [0.5, 0.6) is 0 Å². The van der Waals surface area contributed by atoms with E-state index < -0.39 is 0 Å². The number of ketones is 1. The van der Waals surface area contributed by atoms with E-state index in [9.17, 15) is 4.79 Å². The lowest BCUT2D eigenvalue weighted by molar-refractivity contribution is -0.688. The molecular weight excluding hydrogens is 198 g/mol. The molecule has 0 radical (unpaired) electrons. The average Bonchev–Trinajstić information content (AvgIpc) is 2.31. The molecule has 0 fully saturated rings. The van der Waals surface area contributed by atoms with E-state index in [2.05, 4.69) is 16.7 Å². The first-order chi connectivity index (χ1) is 7.75. The van der Waals surface area contributed by atoms with Gasteiger partial charge in [-0.3, -0.25) is 4.79 Å². The summed E-state index contributed by atoms with van der Waals surface area (Å²) in [4.78, 5) is 11.1. The largest absolute Gasteiger partial charge is 0.295 e. The first-order valence-electron chi connectivity index (χ1n) is 5.30. The van der Waals surface area contributed by atoms with E-state index in [4.69, 9.17) is 0 Å². The van der Waals surface area contributed by atoms with Crippen LogP contribution in [0.25, 0.3) is 0 Å². The molecule has 80 valence electrons. The first kappa shape index (κ1) is 10.6. The molecule has 0 spiro atoms. The van der Waals surface area contributed by atoms with Crippen molar-refractivity contribution >= 4 is 5.78 Å². The molecule has 2 nitrogen and oxygen atoms in total. The molecule has 0 atom stereocenters.